The first-order valence-corrected chi connectivity index (χ1v) is 7.33. The molecular formula is C15H34. The average molecular weight is 214 g/mol. The van der Waals surface area contributed by atoms with Gasteiger partial charge in [0.25, 0.3) is 0 Å². The number of unbranched alkanes of at least 4 members (excludes halogenated alkanes) is 4. The lowest BCUT2D eigenvalue weighted by Gasteiger charge is -1.79. The summed E-state index contributed by atoms with van der Waals surface area (Å²) in [5, 5.41) is 0. The van der Waals surface area contributed by atoms with Crippen molar-refractivity contribution in [3.05, 3.63) is 0 Å². The van der Waals surface area contributed by atoms with Gasteiger partial charge in [-0.2, -0.15) is 0 Å². The van der Waals surface area contributed by atoms with E-state index in [1.807, 2.05) is 0 Å². The Balaban J connectivity index is 0. The van der Waals surface area contributed by atoms with E-state index in [4.69, 9.17) is 0 Å². The summed E-state index contributed by atoms with van der Waals surface area (Å²) in [4.78, 5) is 0. The molecule has 0 heteroatoms. The van der Waals surface area contributed by atoms with Gasteiger partial charge in [0.1, 0.15) is 0 Å². The first-order valence-electron chi connectivity index (χ1n) is 7.33. The Morgan fingerprint density at radius 3 is 0.733 bits per heavy atom. The Morgan fingerprint density at radius 1 is 0.467 bits per heavy atom. The summed E-state index contributed by atoms with van der Waals surface area (Å²) in [6.07, 6.45) is 15.7. The van der Waals surface area contributed by atoms with Gasteiger partial charge < -0.3 is 0 Å². The van der Waals surface area contributed by atoms with Gasteiger partial charge in [-0.1, -0.05) is 98.3 Å². The summed E-state index contributed by atoms with van der Waals surface area (Å²) in [7, 11) is 0. The molecule has 0 radical (unpaired) electrons. The van der Waals surface area contributed by atoms with Crippen LogP contribution in [0.15, 0.2) is 0 Å². The van der Waals surface area contributed by atoms with Crippen LogP contribution in [0.1, 0.15) is 98.3 Å². The van der Waals surface area contributed by atoms with Gasteiger partial charge in [0.15, 0.2) is 0 Å². The van der Waals surface area contributed by atoms with E-state index < -0.39 is 0 Å². The van der Waals surface area contributed by atoms with Crippen molar-refractivity contribution < 1.29 is 0 Å². The van der Waals surface area contributed by atoms with Crippen molar-refractivity contribution in [3.63, 3.8) is 0 Å². The van der Waals surface area contributed by atoms with Crippen LogP contribution in [0.5, 0.6) is 0 Å². The van der Waals surface area contributed by atoms with Gasteiger partial charge in [0, 0.05) is 0 Å². The van der Waals surface area contributed by atoms with Crippen LogP contribution in [0.3, 0.4) is 0 Å². The maximum absolute atomic E-state index is 2.21. The van der Waals surface area contributed by atoms with Gasteiger partial charge in [-0.25, -0.2) is 0 Å². The highest BCUT2D eigenvalue weighted by Crippen LogP contribution is 2.15. The van der Waals surface area contributed by atoms with Gasteiger partial charge in [-0.05, 0) is 0 Å². The summed E-state index contributed by atoms with van der Waals surface area (Å²) in [6.45, 7) is 8.85. The smallest absolute Gasteiger partial charge is 0.0533 e. The van der Waals surface area contributed by atoms with Crippen LogP contribution in [0, 0.1) is 0 Å². The standard InChI is InChI=1S/C5H10.2C5H12/c1-2-4-5-3-1;2*1-3-5-4-2/h1-5H2;2*3-5H2,1-2H3. The van der Waals surface area contributed by atoms with E-state index in [-0.39, 0.29) is 0 Å². The van der Waals surface area contributed by atoms with E-state index in [1.165, 1.54) is 70.6 Å². The van der Waals surface area contributed by atoms with Gasteiger partial charge in [-0.3, -0.25) is 0 Å². The maximum atomic E-state index is 2.21. The molecule has 0 amide bonds. The fraction of sp³-hybridized carbons (Fsp3) is 1.00. The van der Waals surface area contributed by atoms with Crippen molar-refractivity contribution in [1.82, 2.24) is 0 Å². The minimum absolute atomic E-state index is 1.34. The highest BCUT2D eigenvalue weighted by molar-refractivity contribution is 4.51. The molecule has 0 aliphatic heterocycles. The van der Waals surface area contributed by atoms with Gasteiger partial charge in [0.05, 0.1) is 0 Å². The summed E-state index contributed by atoms with van der Waals surface area (Å²) in [5.41, 5.74) is 0. The predicted octanol–water partition coefficient (Wildman–Crippen LogP) is 6.34. The van der Waals surface area contributed by atoms with E-state index in [0.29, 0.717) is 0 Å². The first-order chi connectivity index (χ1) is 7.33. The molecule has 0 nitrogen and oxygen atoms in total. The molecule has 0 bridgehead atoms. The molecule has 1 rings (SSSR count). The quantitative estimate of drug-likeness (QED) is 0.512. The molecule has 1 aliphatic carbocycles. The maximum Gasteiger partial charge on any atom is -0.0533 e. The molecule has 1 fully saturated rings. The van der Waals surface area contributed by atoms with Crippen molar-refractivity contribution >= 4 is 0 Å². The van der Waals surface area contributed by atoms with Crippen molar-refractivity contribution in [2.45, 2.75) is 98.3 Å². The van der Waals surface area contributed by atoms with Gasteiger partial charge >= 0.3 is 0 Å². The Kier molecular flexibility index (Phi) is 22.7. The summed E-state index contributed by atoms with van der Waals surface area (Å²) in [6, 6.07) is 0. The predicted molar refractivity (Wildman–Crippen MR) is 73.5 cm³/mol. The molecular weight excluding hydrogens is 180 g/mol. The molecule has 0 spiro atoms. The van der Waals surface area contributed by atoms with E-state index in [2.05, 4.69) is 27.7 Å². The number of hydrogen-bond acceptors (Lipinski definition) is 0. The Hall–Kier alpha value is 0. The summed E-state index contributed by atoms with van der Waals surface area (Å²) in [5.74, 6) is 0. The normalized spacial score (nSPS) is 13.6. The topological polar surface area (TPSA) is 0 Å². The van der Waals surface area contributed by atoms with Crippen LogP contribution >= 0.6 is 0 Å². The zero-order chi connectivity index (χ0) is 11.8. The Morgan fingerprint density at radius 2 is 0.667 bits per heavy atom. The van der Waals surface area contributed by atoms with Crippen molar-refractivity contribution in [1.29, 1.82) is 0 Å². The molecule has 0 aromatic carbocycles. The second-order valence-corrected chi connectivity index (χ2v) is 4.47. The van der Waals surface area contributed by atoms with E-state index in [0.717, 1.165) is 0 Å². The minimum atomic E-state index is 1.34. The van der Waals surface area contributed by atoms with E-state index in [9.17, 15) is 0 Å². The average Bonchev–Trinajstić information content (AvgIpc) is 2.79. The van der Waals surface area contributed by atoms with Crippen molar-refractivity contribution in [3.8, 4) is 0 Å². The zero-order valence-corrected chi connectivity index (χ0v) is 11.8. The largest absolute Gasteiger partial charge is 0.0654 e. The van der Waals surface area contributed by atoms with Crippen LogP contribution in [0.4, 0.5) is 0 Å². The fourth-order valence-electron chi connectivity index (χ4n) is 1.59. The highest BCUT2D eigenvalue weighted by atomic mass is 14.0. The van der Waals surface area contributed by atoms with Crippen molar-refractivity contribution in [2.24, 2.45) is 0 Å². The summed E-state index contributed by atoms with van der Waals surface area (Å²) >= 11 is 0. The third-order valence-electron chi connectivity index (χ3n) is 2.66. The van der Waals surface area contributed by atoms with E-state index >= 15 is 0 Å². The van der Waals surface area contributed by atoms with Crippen LogP contribution in [0.2, 0.25) is 0 Å². The van der Waals surface area contributed by atoms with E-state index in [1.54, 1.807) is 0 Å². The molecule has 0 saturated heterocycles. The van der Waals surface area contributed by atoms with Gasteiger partial charge in [0.2, 0.25) is 0 Å². The molecule has 0 heterocycles. The molecule has 94 valence electrons. The number of rotatable bonds is 4. The number of hydrogen-bond donors (Lipinski definition) is 0. The van der Waals surface area contributed by atoms with Crippen LogP contribution in [-0.4, -0.2) is 0 Å². The highest BCUT2D eigenvalue weighted by Gasteiger charge is 1.95. The SMILES string of the molecule is C1CCCC1.CCCCC.CCCCC. The monoisotopic (exact) mass is 214 g/mol. The lowest BCUT2D eigenvalue weighted by molar-refractivity contribution is 0.772. The molecule has 0 aromatic rings. The Labute approximate surface area is 98.9 Å². The molecule has 0 unspecified atom stereocenters. The van der Waals surface area contributed by atoms with Gasteiger partial charge in [-0.15, -0.1) is 0 Å². The third kappa shape index (κ3) is 24.9. The molecule has 1 aliphatic rings. The second-order valence-electron chi connectivity index (χ2n) is 4.47. The summed E-state index contributed by atoms with van der Waals surface area (Å²) < 4.78 is 0. The molecule has 0 aromatic heterocycles. The lowest BCUT2D eigenvalue weighted by Crippen LogP contribution is -1.59. The zero-order valence-electron chi connectivity index (χ0n) is 11.8. The van der Waals surface area contributed by atoms with Crippen molar-refractivity contribution in [2.75, 3.05) is 0 Å². The first kappa shape index (κ1) is 17.4. The lowest BCUT2D eigenvalue weighted by atomic mass is 10.3. The fourth-order valence-corrected chi connectivity index (χ4v) is 1.59. The molecule has 0 atom stereocenters. The molecule has 1 saturated carbocycles. The molecule has 15 heavy (non-hydrogen) atoms. The van der Waals surface area contributed by atoms with Crippen LogP contribution in [-0.2, 0) is 0 Å². The molecule has 0 N–H and O–H groups in total. The van der Waals surface area contributed by atoms with Crippen LogP contribution in [0.25, 0.3) is 0 Å². The minimum Gasteiger partial charge on any atom is -0.0654 e. The Bertz CT molecular complexity index is 54.5. The third-order valence-corrected chi connectivity index (χ3v) is 2.66. The van der Waals surface area contributed by atoms with Crippen LogP contribution < -0.4 is 0 Å². The second kappa shape index (κ2) is 19.6.